The predicted octanol–water partition coefficient (Wildman–Crippen LogP) is 2.95. The molecule has 0 aliphatic rings. The molecule has 0 saturated heterocycles. The van der Waals surface area contributed by atoms with Gasteiger partial charge < -0.3 is 15.7 Å². The van der Waals surface area contributed by atoms with Gasteiger partial charge in [-0.3, -0.25) is 4.68 Å². The summed E-state index contributed by atoms with van der Waals surface area (Å²) >= 11 is 3.35. The van der Waals surface area contributed by atoms with E-state index in [0.29, 0.717) is 36.6 Å². The molecule has 0 spiro atoms. The zero-order valence-corrected chi connectivity index (χ0v) is 19.6. The van der Waals surface area contributed by atoms with Crippen molar-refractivity contribution in [3.8, 4) is 0 Å². The smallest absolute Gasteiger partial charge is 0.191 e. The van der Waals surface area contributed by atoms with Crippen LogP contribution in [0.3, 0.4) is 0 Å². The first-order valence-corrected chi connectivity index (χ1v) is 9.28. The van der Waals surface area contributed by atoms with Crippen LogP contribution in [0.15, 0.2) is 40.1 Å². The Bertz CT molecular complexity index is 766. The third-order valence-electron chi connectivity index (χ3n) is 3.91. The Kier molecular flexibility index (Phi) is 9.68. The molecule has 1 atom stereocenters. The van der Waals surface area contributed by atoms with Gasteiger partial charge in [0.05, 0.1) is 12.7 Å². The number of aliphatic hydroxyl groups is 1. The van der Waals surface area contributed by atoms with Gasteiger partial charge in [-0.2, -0.15) is 5.10 Å². The molecule has 0 bridgehead atoms. The van der Waals surface area contributed by atoms with E-state index in [-0.39, 0.29) is 36.3 Å². The second kappa shape index (κ2) is 11.0. The lowest BCUT2D eigenvalue weighted by molar-refractivity contribution is 0.0672. The van der Waals surface area contributed by atoms with Gasteiger partial charge in [-0.05, 0) is 44.0 Å². The van der Waals surface area contributed by atoms with Gasteiger partial charge in [-0.1, -0.05) is 15.9 Å². The molecular weight excluding hydrogens is 528 g/mol. The summed E-state index contributed by atoms with van der Waals surface area (Å²) in [4.78, 5) is 4.45. The minimum Gasteiger partial charge on any atom is -0.383 e. The van der Waals surface area contributed by atoms with Gasteiger partial charge >= 0.3 is 0 Å². The van der Waals surface area contributed by atoms with Crippen molar-refractivity contribution in [2.75, 3.05) is 19.6 Å². The first-order valence-electron chi connectivity index (χ1n) is 8.49. The zero-order valence-electron chi connectivity index (χ0n) is 15.7. The highest BCUT2D eigenvalue weighted by molar-refractivity contribution is 14.0. The number of halogens is 3. The summed E-state index contributed by atoms with van der Waals surface area (Å²) in [5.41, 5.74) is 0.216. The highest BCUT2D eigenvalue weighted by Crippen LogP contribution is 2.20. The van der Waals surface area contributed by atoms with E-state index in [0.717, 1.165) is 4.47 Å². The lowest BCUT2D eigenvalue weighted by Gasteiger charge is -2.20. The van der Waals surface area contributed by atoms with Crippen molar-refractivity contribution in [2.24, 2.45) is 12.0 Å². The second-order valence-corrected chi connectivity index (χ2v) is 7.20. The number of aryl methyl sites for hydroxylation is 1. The van der Waals surface area contributed by atoms with E-state index in [4.69, 9.17) is 0 Å². The van der Waals surface area contributed by atoms with Crippen molar-refractivity contribution in [2.45, 2.75) is 25.9 Å². The molecule has 2 rings (SSSR count). The van der Waals surface area contributed by atoms with Crippen molar-refractivity contribution >= 4 is 45.9 Å². The summed E-state index contributed by atoms with van der Waals surface area (Å²) in [6, 6.07) is 4.90. The fraction of sp³-hybridized carbons (Fsp3) is 0.444. The standard InChI is InChI=1S/C18H25BrFN5O.HI/c1-4-21-17(22-8-7-13-9-15(19)5-6-16(13)20)23-12-18(2,26)14-10-24-25(3)11-14;/h5-6,9-11,26H,4,7-8,12H2,1-3H3,(H2,21,22,23);1H. The maximum absolute atomic E-state index is 13.8. The van der Waals surface area contributed by atoms with Crippen LogP contribution in [-0.2, 0) is 19.1 Å². The molecule has 2 aromatic rings. The summed E-state index contributed by atoms with van der Waals surface area (Å²) < 4.78 is 16.3. The molecule has 150 valence electrons. The Morgan fingerprint density at radius 3 is 2.78 bits per heavy atom. The van der Waals surface area contributed by atoms with Gasteiger partial charge in [0.25, 0.3) is 0 Å². The van der Waals surface area contributed by atoms with Crippen LogP contribution in [0.4, 0.5) is 4.39 Å². The molecule has 3 N–H and O–H groups in total. The van der Waals surface area contributed by atoms with E-state index in [1.54, 1.807) is 43.2 Å². The van der Waals surface area contributed by atoms with Crippen LogP contribution < -0.4 is 10.6 Å². The highest BCUT2D eigenvalue weighted by atomic mass is 127. The van der Waals surface area contributed by atoms with Crippen LogP contribution in [0.1, 0.15) is 25.0 Å². The molecule has 6 nitrogen and oxygen atoms in total. The second-order valence-electron chi connectivity index (χ2n) is 6.28. The number of nitrogens with zero attached hydrogens (tertiary/aromatic N) is 3. The molecule has 0 aliphatic heterocycles. The molecule has 0 fully saturated rings. The van der Waals surface area contributed by atoms with Gasteiger partial charge in [-0.25, -0.2) is 9.38 Å². The van der Waals surface area contributed by atoms with Crippen molar-refractivity contribution in [1.82, 2.24) is 20.4 Å². The number of aromatic nitrogens is 2. The van der Waals surface area contributed by atoms with Gasteiger partial charge in [0.1, 0.15) is 11.4 Å². The summed E-state index contributed by atoms with van der Waals surface area (Å²) in [7, 11) is 1.80. The summed E-state index contributed by atoms with van der Waals surface area (Å²) in [6.45, 7) is 5.05. The number of benzene rings is 1. The van der Waals surface area contributed by atoms with Crippen molar-refractivity contribution in [3.05, 3.63) is 52.0 Å². The maximum Gasteiger partial charge on any atom is 0.191 e. The van der Waals surface area contributed by atoms with Gasteiger partial charge in [0, 0.05) is 36.4 Å². The van der Waals surface area contributed by atoms with E-state index in [1.165, 1.54) is 6.07 Å². The molecule has 0 saturated carbocycles. The van der Waals surface area contributed by atoms with E-state index < -0.39 is 5.60 Å². The lowest BCUT2D eigenvalue weighted by Crippen LogP contribution is -2.39. The minimum atomic E-state index is -1.12. The first kappa shape index (κ1) is 23.8. The van der Waals surface area contributed by atoms with Crippen LogP contribution in [0.25, 0.3) is 0 Å². The number of nitrogens with one attached hydrogen (secondary N) is 2. The van der Waals surface area contributed by atoms with Crippen molar-refractivity contribution in [1.29, 1.82) is 0 Å². The number of aliphatic imine (C=N–C) groups is 1. The molecule has 0 radical (unpaired) electrons. The highest BCUT2D eigenvalue weighted by Gasteiger charge is 2.24. The monoisotopic (exact) mass is 553 g/mol. The molecule has 1 aromatic carbocycles. The van der Waals surface area contributed by atoms with E-state index in [9.17, 15) is 9.50 Å². The fourth-order valence-electron chi connectivity index (χ4n) is 2.42. The molecule has 0 aliphatic carbocycles. The average Bonchev–Trinajstić information content (AvgIpc) is 3.03. The van der Waals surface area contributed by atoms with Crippen LogP contribution in [-0.4, -0.2) is 40.5 Å². The maximum atomic E-state index is 13.8. The van der Waals surface area contributed by atoms with E-state index >= 15 is 0 Å². The van der Waals surface area contributed by atoms with Gasteiger partial charge in [0.15, 0.2) is 5.96 Å². The van der Waals surface area contributed by atoms with Crippen molar-refractivity contribution < 1.29 is 9.50 Å². The number of rotatable bonds is 7. The SMILES string of the molecule is CCNC(=NCC(C)(O)c1cnn(C)c1)NCCc1cc(Br)ccc1F.I. The van der Waals surface area contributed by atoms with Crippen LogP contribution in [0, 0.1) is 5.82 Å². The minimum absolute atomic E-state index is 0. The summed E-state index contributed by atoms with van der Waals surface area (Å²) in [5.74, 6) is 0.350. The summed E-state index contributed by atoms with van der Waals surface area (Å²) in [5, 5.41) is 21.0. The lowest BCUT2D eigenvalue weighted by atomic mass is 10.0. The molecule has 1 unspecified atom stereocenters. The van der Waals surface area contributed by atoms with Crippen molar-refractivity contribution in [3.63, 3.8) is 0 Å². The molecule has 9 heteroatoms. The van der Waals surface area contributed by atoms with Crippen LogP contribution in [0.2, 0.25) is 0 Å². The Hall–Kier alpha value is -1.20. The van der Waals surface area contributed by atoms with Gasteiger partial charge in [0.2, 0.25) is 0 Å². The molecule has 1 aromatic heterocycles. The largest absolute Gasteiger partial charge is 0.383 e. The third-order valence-corrected chi connectivity index (χ3v) is 4.40. The summed E-state index contributed by atoms with van der Waals surface area (Å²) in [6.07, 6.45) is 3.92. The van der Waals surface area contributed by atoms with Crippen LogP contribution >= 0.6 is 39.9 Å². The first-order chi connectivity index (χ1) is 12.3. The van der Waals surface area contributed by atoms with E-state index in [1.807, 2.05) is 6.92 Å². The average molecular weight is 554 g/mol. The Morgan fingerprint density at radius 2 is 2.15 bits per heavy atom. The van der Waals surface area contributed by atoms with Crippen LogP contribution in [0.5, 0.6) is 0 Å². The quantitative estimate of drug-likeness (QED) is 0.280. The molecule has 1 heterocycles. The predicted molar refractivity (Wildman–Crippen MR) is 120 cm³/mol. The Labute approximate surface area is 184 Å². The zero-order chi connectivity index (χ0) is 19.2. The Morgan fingerprint density at radius 1 is 1.41 bits per heavy atom. The Balaban J connectivity index is 0.00000364. The number of hydrogen-bond acceptors (Lipinski definition) is 3. The third kappa shape index (κ3) is 7.38. The number of hydrogen-bond donors (Lipinski definition) is 3. The number of guanidine groups is 1. The fourth-order valence-corrected chi connectivity index (χ4v) is 2.82. The molecule has 0 amide bonds. The molecular formula is C18H26BrFIN5O. The molecule has 27 heavy (non-hydrogen) atoms. The van der Waals surface area contributed by atoms with E-state index in [2.05, 4.69) is 36.7 Å². The topological polar surface area (TPSA) is 74.5 Å². The van der Waals surface area contributed by atoms with Gasteiger partial charge in [-0.15, -0.1) is 24.0 Å². The normalized spacial score (nSPS) is 13.6.